The maximum absolute atomic E-state index is 13.3. The van der Waals surface area contributed by atoms with Crippen molar-refractivity contribution in [1.29, 1.82) is 0 Å². The Morgan fingerprint density at radius 1 is 1.11 bits per heavy atom. The van der Waals surface area contributed by atoms with Gasteiger partial charge in [-0.1, -0.05) is 5.16 Å². The summed E-state index contributed by atoms with van der Waals surface area (Å²) in [5.74, 6) is 0.765. The summed E-state index contributed by atoms with van der Waals surface area (Å²) in [6, 6.07) is 8.56. The SMILES string of the molecule is Cc1cc(N2CCN(Cc3noc4cc(F)ccc34)CC2)n2nccc2n1. The lowest BCUT2D eigenvalue weighted by Gasteiger charge is -2.35. The molecule has 1 fully saturated rings. The number of rotatable bonds is 3. The Bertz CT molecular complexity index is 1110. The van der Waals surface area contributed by atoms with Crippen LogP contribution in [0.25, 0.3) is 16.6 Å². The molecule has 1 aliphatic heterocycles. The Morgan fingerprint density at radius 2 is 1.96 bits per heavy atom. The molecule has 0 bridgehead atoms. The third-order valence-electron chi connectivity index (χ3n) is 5.05. The highest BCUT2D eigenvalue weighted by atomic mass is 19.1. The van der Waals surface area contributed by atoms with E-state index in [4.69, 9.17) is 4.52 Å². The predicted octanol–water partition coefficient (Wildman–Crippen LogP) is 2.64. The number of piperazine rings is 1. The van der Waals surface area contributed by atoms with Crippen LogP contribution in [0.5, 0.6) is 0 Å². The number of anilines is 1. The number of halogens is 1. The summed E-state index contributed by atoms with van der Waals surface area (Å²) < 4.78 is 20.5. The van der Waals surface area contributed by atoms with Crippen LogP contribution in [0.3, 0.4) is 0 Å². The van der Waals surface area contributed by atoms with Gasteiger partial charge in [0.25, 0.3) is 0 Å². The Morgan fingerprint density at radius 3 is 2.81 bits per heavy atom. The molecule has 1 aliphatic rings. The lowest BCUT2D eigenvalue weighted by atomic mass is 10.2. The van der Waals surface area contributed by atoms with E-state index in [1.807, 2.05) is 17.5 Å². The van der Waals surface area contributed by atoms with E-state index in [2.05, 4.69) is 31.1 Å². The monoisotopic (exact) mass is 366 g/mol. The van der Waals surface area contributed by atoms with Gasteiger partial charge >= 0.3 is 0 Å². The van der Waals surface area contributed by atoms with Gasteiger partial charge in [-0.25, -0.2) is 9.37 Å². The van der Waals surface area contributed by atoms with Gasteiger partial charge in [0, 0.05) is 62.0 Å². The highest BCUT2D eigenvalue weighted by Gasteiger charge is 2.21. The Balaban J connectivity index is 1.32. The van der Waals surface area contributed by atoms with Crippen molar-refractivity contribution in [3.63, 3.8) is 0 Å². The van der Waals surface area contributed by atoms with Gasteiger partial charge in [-0.2, -0.15) is 9.61 Å². The Labute approximate surface area is 155 Å². The van der Waals surface area contributed by atoms with Gasteiger partial charge in [-0.3, -0.25) is 4.90 Å². The van der Waals surface area contributed by atoms with Gasteiger partial charge < -0.3 is 9.42 Å². The second kappa shape index (κ2) is 6.31. The van der Waals surface area contributed by atoms with Crippen LogP contribution in [0, 0.1) is 12.7 Å². The number of nitrogens with zero attached hydrogens (tertiary/aromatic N) is 6. The largest absolute Gasteiger partial charge is 0.356 e. The van der Waals surface area contributed by atoms with Gasteiger partial charge in [0.2, 0.25) is 0 Å². The molecule has 1 saturated heterocycles. The first-order chi connectivity index (χ1) is 13.2. The molecule has 8 heteroatoms. The molecule has 0 radical (unpaired) electrons. The molecule has 3 aromatic heterocycles. The maximum atomic E-state index is 13.3. The first-order valence-electron chi connectivity index (χ1n) is 9.00. The van der Waals surface area contributed by atoms with Crippen molar-refractivity contribution < 1.29 is 8.91 Å². The molecule has 0 atom stereocenters. The van der Waals surface area contributed by atoms with Crippen LogP contribution in [0.2, 0.25) is 0 Å². The molecule has 0 unspecified atom stereocenters. The normalized spacial score (nSPS) is 15.9. The zero-order valence-corrected chi connectivity index (χ0v) is 15.0. The fraction of sp³-hybridized carbons (Fsp3) is 0.316. The highest BCUT2D eigenvalue weighted by Crippen LogP contribution is 2.23. The van der Waals surface area contributed by atoms with Crippen molar-refractivity contribution in [2.75, 3.05) is 31.1 Å². The van der Waals surface area contributed by atoms with E-state index < -0.39 is 0 Å². The fourth-order valence-corrected chi connectivity index (χ4v) is 3.67. The summed E-state index contributed by atoms with van der Waals surface area (Å²) >= 11 is 0. The summed E-state index contributed by atoms with van der Waals surface area (Å²) in [6.45, 7) is 6.29. The van der Waals surface area contributed by atoms with Crippen molar-refractivity contribution in [1.82, 2.24) is 24.7 Å². The minimum atomic E-state index is -0.309. The van der Waals surface area contributed by atoms with Crippen molar-refractivity contribution >= 4 is 22.4 Å². The average Bonchev–Trinajstić information content (AvgIpc) is 3.28. The van der Waals surface area contributed by atoms with E-state index in [1.165, 1.54) is 12.1 Å². The van der Waals surface area contributed by atoms with Crippen molar-refractivity contribution in [2.24, 2.45) is 0 Å². The zero-order chi connectivity index (χ0) is 18.4. The van der Waals surface area contributed by atoms with Crippen LogP contribution in [0.15, 0.2) is 41.1 Å². The van der Waals surface area contributed by atoms with Gasteiger partial charge in [0.1, 0.15) is 17.3 Å². The Hall–Kier alpha value is -3.00. The number of benzene rings is 1. The van der Waals surface area contributed by atoms with Gasteiger partial charge in [0.15, 0.2) is 11.2 Å². The standard InChI is InChI=1S/C19H19FN6O/c1-13-10-19(26-18(22-13)4-5-21-26)25-8-6-24(7-9-25)12-16-15-3-2-14(20)11-17(15)27-23-16/h2-5,10-11H,6-9,12H2,1H3. The maximum Gasteiger partial charge on any atom is 0.170 e. The fourth-order valence-electron chi connectivity index (χ4n) is 3.67. The minimum Gasteiger partial charge on any atom is -0.356 e. The topological polar surface area (TPSA) is 62.7 Å². The number of aromatic nitrogens is 4. The molecule has 0 N–H and O–H groups in total. The van der Waals surface area contributed by atoms with Gasteiger partial charge in [-0.05, 0) is 19.1 Å². The lowest BCUT2D eigenvalue weighted by molar-refractivity contribution is 0.242. The van der Waals surface area contributed by atoms with E-state index in [9.17, 15) is 4.39 Å². The zero-order valence-electron chi connectivity index (χ0n) is 15.0. The number of fused-ring (bicyclic) bond motifs is 2. The summed E-state index contributed by atoms with van der Waals surface area (Å²) in [6.07, 6.45) is 1.78. The van der Waals surface area contributed by atoms with E-state index in [-0.39, 0.29) is 5.82 Å². The summed E-state index contributed by atoms with van der Waals surface area (Å²) in [4.78, 5) is 9.18. The Kier molecular flexibility index (Phi) is 3.78. The number of hydrogen-bond donors (Lipinski definition) is 0. The lowest BCUT2D eigenvalue weighted by Crippen LogP contribution is -2.46. The van der Waals surface area contributed by atoms with Crippen LogP contribution < -0.4 is 4.90 Å². The first-order valence-corrected chi connectivity index (χ1v) is 9.00. The van der Waals surface area contributed by atoms with E-state index in [0.717, 1.165) is 54.4 Å². The van der Waals surface area contributed by atoms with E-state index in [1.54, 1.807) is 12.3 Å². The molecule has 0 aliphatic carbocycles. The van der Waals surface area contributed by atoms with E-state index in [0.29, 0.717) is 12.1 Å². The highest BCUT2D eigenvalue weighted by molar-refractivity contribution is 5.79. The second-order valence-corrected chi connectivity index (χ2v) is 6.89. The van der Waals surface area contributed by atoms with Gasteiger partial charge in [0.05, 0.1) is 6.20 Å². The number of aryl methyl sites for hydroxylation is 1. The minimum absolute atomic E-state index is 0.309. The van der Waals surface area contributed by atoms with E-state index >= 15 is 0 Å². The molecule has 4 aromatic rings. The van der Waals surface area contributed by atoms with Crippen LogP contribution in [0.4, 0.5) is 10.2 Å². The average molecular weight is 366 g/mol. The predicted molar refractivity (Wildman–Crippen MR) is 99.2 cm³/mol. The van der Waals surface area contributed by atoms with Crippen molar-refractivity contribution in [3.05, 3.63) is 53.7 Å². The molecular weight excluding hydrogens is 347 g/mol. The van der Waals surface area contributed by atoms with Gasteiger partial charge in [-0.15, -0.1) is 0 Å². The second-order valence-electron chi connectivity index (χ2n) is 6.89. The quantitative estimate of drug-likeness (QED) is 0.555. The number of hydrogen-bond acceptors (Lipinski definition) is 6. The smallest absolute Gasteiger partial charge is 0.170 e. The molecular formula is C19H19FN6O. The van der Waals surface area contributed by atoms with Crippen LogP contribution in [-0.4, -0.2) is 50.8 Å². The van der Waals surface area contributed by atoms with Crippen LogP contribution in [-0.2, 0) is 6.54 Å². The molecule has 5 rings (SSSR count). The molecule has 0 spiro atoms. The third kappa shape index (κ3) is 2.91. The van der Waals surface area contributed by atoms with Crippen molar-refractivity contribution in [3.8, 4) is 0 Å². The summed E-state index contributed by atoms with van der Waals surface area (Å²) in [5.41, 5.74) is 3.21. The van der Waals surface area contributed by atoms with Crippen LogP contribution >= 0.6 is 0 Å². The van der Waals surface area contributed by atoms with Crippen LogP contribution in [0.1, 0.15) is 11.4 Å². The molecule has 7 nitrogen and oxygen atoms in total. The summed E-state index contributed by atoms with van der Waals surface area (Å²) in [7, 11) is 0. The molecule has 0 saturated carbocycles. The molecule has 4 heterocycles. The summed E-state index contributed by atoms with van der Waals surface area (Å²) in [5, 5.41) is 9.41. The molecule has 0 amide bonds. The molecule has 138 valence electrons. The first kappa shape index (κ1) is 16.2. The molecule has 1 aromatic carbocycles. The van der Waals surface area contributed by atoms with Crippen molar-refractivity contribution in [2.45, 2.75) is 13.5 Å². The third-order valence-corrected chi connectivity index (χ3v) is 5.05. The molecule has 27 heavy (non-hydrogen) atoms.